The second-order valence-corrected chi connectivity index (χ2v) is 5.02. The Hall–Kier alpha value is -2.15. The minimum atomic E-state index is -1.32. The van der Waals surface area contributed by atoms with Crippen LogP contribution in [0.5, 0.6) is 0 Å². The quantitative estimate of drug-likeness (QED) is 0.413. The summed E-state index contributed by atoms with van der Waals surface area (Å²) in [5, 5.41) is 22.7. The zero-order chi connectivity index (χ0) is 15.8. The molecule has 0 radical (unpaired) electrons. The van der Waals surface area contributed by atoms with Crippen LogP contribution < -0.4 is 5.32 Å². The van der Waals surface area contributed by atoms with Crippen LogP contribution in [0.25, 0.3) is 0 Å². The highest BCUT2D eigenvalue weighted by atomic mass is 16.6. The highest BCUT2D eigenvalue weighted by Gasteiger charge is 2.19. The fraction of sp³-hybridized carbons (Fsp3) is 0.500. The zero-order valence-electron chi connectivity index (χ0n) is 12.2. The van der Waals surface area contributed by atoms with Gasteiger partial charge in [-0.1, -0.05) is 13.8 Å². The largest absolute Gasteiger partial charge is 0.477 e. The predicted molar refractivity (Wildman–Crippen MR) is 78.8 cm³/mol. The Morgan fingerprint density at radius 1 is 1.43 bits per heavy atom. The van der Waals surface area contributed by atoms with Crippen LogP contribution in [-0.2, 0) is 4.74 Å². The molecule has 0 atom stereocenters. The summed E-state index contributed by atoms with van der Waals surface area (Å²) in [6, 6.07) is 3.93. The molecular formula is C14H20N2O5. The van der Waals surface area contributed by atoms with E-state index in [0.29, 0.717) is 31.4 Å². The second kappa shape index (κ2) is 8.21. The Balaban J connectivity index is 2.51. The molecule has 0 unspecified atom stereocenters. The summed E-state index contributed by atoms with van der Waals surface area (Å²) < 4.78 is 5.42. The lowest BCUT2D eigenvalue weighted by atomic mass is 10.1. The van der Waals surface area contributed by atoms with Crippen LogP contribution in [0.2, 0.25) is 0 Å². The molecule has 0 spiro atoms. The van der Waals surface area contributed by atoms with E-state index in [0.717, 1.165) is 6.42 Å². The normalized spacial score (nSPS) is 10.6. The van der Waals surface area contributed by atoms with Crippen LogP contribution in [-0.4, -0.2) is 35.8 Å². The molecule has 0 saturated heterocycles. The van der Waals surface area contributed by atoms with E-state index in [9.17, 15) is 14.9 Å². The fourth-order valence-electron chi connectivity index (χ4n) is 1.67. The van der Waals surface area contributed by atoms with E-state index in [1.54, 1.807) is 0 Å². The molecule has 1 rings (SSSR count). The third kappa shape index (κ3) is 5.78. The number of nitrogens with zero attached hydrogens (tertiary/aromatic N) is 1. The smallest absolute Gasteiger partial charge is 0.342 e. The highest BCUT2D eigenvalue weighted by molar-refractivity contribution is 5.93. The van der Waals surface area contributed by atoms with E-state index in [-0.39, 0.29) is 5.56 Å². The van der Waals surface area contributed by atoms with Gasteiger partial charge in [0.25, 0.3) is 5.69 Å². The molecule has 1 aromatic rings. The number of hydrogen-bond donors (Lipinski definition) is 2. The molecule has 7 heteroatoms. The monoisotopic (exact) mass is 296 g/mol. The molecule has 7 nitrogen and oxygen atoms in total. The number of carbonyl (C=O) groups is 1. The van der Waals surface area contributed by atoms with E-state index in [2.05, 4.69) is 19.2 Å². The highest BCUT2D eigenvalue weighted by Crippen LogP contribution is 2.22. The van der Waals surface area contributed by atoms with E-state index in [1.165, 1.54) is 18.2 Å². The molecule has 0 aliphatic heterocycles. The summed E-state index contributed by atoms with van der Waals surface area (Å²) in [6.45, 7) is 5.92. The van der Waals surface area contributed by atoms with E-state index < -0.39 is 16.6 Å². The molecule has 0 saturated carbocycles. The lowest BCUT2D eigenvalue weighted by Crippen LogP contribution is -2.11. The summed E-state index contributed by atoms with van der Waals surface area (Å²) in [5.41, 5.74) is -0.225. The van der Waals surface area contributed by atoms with Crippen molar-refractivity contribution >= 4 is 17.3 Å². The number of carboxylic acids is 1. The first-order chi connectivity index (χ1) is 9.91. The Bertz CT molecular complexity index is 502. The Kier molecular flexibility index (Phi) is 6.61. The first-order valence-corrected chi connectivity index (χ1v) is 6.75. The van der Waals surface area contributed by atoms with Crippen molar-refractivity contribution in [1.82, 2.24) is 0 Å². The van der Waals surface area contributed by atoms with Crippen LogP contribution >= 0.6 is 0 Å². The van der Waals surface area contributed by atoms with E-state index >= 15 is 0 Å². The predicted octanol–water partition coefficient (Wildman–Crippen LogP) is 2.77. The number of nitro groups is 1. The lowest BCUT2D eigenvalue weighted by molar-refractivity contribution is -0.385. The SMILES string of the molecule is CC(C)CCOCCNc1ccc([N+](=O)[O-])c(C(=O)O)c1. The summed E-state index contributed by atoms with van der Waals surface area (Å²) in [7, 11) is 0. The fourth-order valence-corrected chi connectivity index (χ4v) is 1.67. The maximum absolute atomic E-state index is 11.0. The van der Waals surface area contributed by atoms with Gasteiger partial charge in [-0.2, -0.15) is 0 Å². The lowest BCUT2D eigenvalue weighted by Gasteiger charge is -2.09. The van der Waals surface area contributed by atoms with E-state index in [1.807, 2.05) is 0 Å². The first kappa shape index (κ1) is 16.9. The van der Waals surface area contributed by atoms with Crippen molar-refractivity contribution in [3.8, 4) is 0 Å². The van der Waals surface area contributed by atoms with Crippen molar-refractivity contribution in [3.05, 3.63) is 33.9 Å². The van der Waals surface area contributed by atoms with Crippen LogP contribution in [0.3, 0.4) is 0 Å². The van der Waals surface area contributed by atoms with Crippen LogP contribution in [0.1, 0.15) is 30.6 Å². The summed E-state index contributed by atoms with van der Waals surface area (Å²) >= 11 is 0. The minimum absolute atomic E-state index is 0.328. The number of rotatable bonds is 9. The van der Waals surface area contributed by atoms with Crippen molar-refractivity contribution in [1.29, 1.82) is 0 Å². The van der Waals surface area contributed by atoms with Crippen molar-refractivity contribution in [2.45, 2.75) is 20.3 Å². The molecule has 21 heavy (non-hydrogen) atoms. The van der Waals surface area contributed by atoms with Gasteiger partial charge >= 0.3 is 5.97 Å². The first-order valence-electron chi connectivity index (χ1n) is 6.75. The van der Waals surface area contributed by atoms with Gasteiger partial charge in [-0.25, -0.2) is 4.79 Å². The molecule has 1 aromatic carbocycles. The van der Waals surface area contributed by atoms with Gasteiger partial charge in [-0.05, 0) is 24.5 Å². The molecular weight excluding hydrogens is 276 g/mol. The number of carboxylic acid groups (broad SMARTS) is 1. The average molecular weight is 296 g/mol. The molecule has 116 valence electrons. The minimum Gasteiger partial charge on any atom is -0.477 e. The number of aromatic carboxylic acids is 1. The number of nitro benzene ring substituents is 1. The van der Waals surface area contributed by atoms with Crippen LogP contribution in [0.4, 0.5) is 11.4 Å². The van der Waals surface area contributed by atoms with E-state index in [4.69, 9.17) is 9.84 Å². The Morgan fingerprint density at radius 2 is 2.14 bits per heavy atom. The van der Waals surface area contributed by atoms with Crippen molar-refractivity contribution in [3.63, 3.8) is 0 Å². The van der Waals surface area contributed by atoms with Gasteiger partial charge in [0.15, 0.2) is 0 Å². The standard InChI is InChI=1S/C14H20N2O5/c1-10(2)5-7-21-8-6-15-11-3-4-13(16(19)20)12(9-11)14(17)18/h3-4,9-10,15H,5-8H2,1-2H3,(H,17,18). The number of ether oxygens (including phenoxy) is 1. The maximum Gasteiger partial charge on any atom is 0.342 e. The third-order valence-electron chi connectivity index (χ3n) is 2.84. The van der Waals surface area contributed by atoms with Gasteiger partial charge in [0, 0.05) is 24.9 Å². The molecule has 0 fully saturated rings. The van der Waals surface area contributed by atoms with Crippen LogP contribution in [0.15, 0.2) is 18.2 Å². The average Bonchev–Trinajstić information content (AvgIpc) is 2.41. The summed E-state index contributed by atoms with van der Waals surface area (Å²) in [4.78, 5) is 21.0. The maximum atomic E-state index is 11.0. The molecule has 0 aliphatic carbocycles. The molecule has 0 bridgehead atoms. The summed E-state index contributed by atoms with van der Waals surface area (Å²) in [5.74, 6) is -0.732. The second-order valence-electron chi connectivity index (χ2n) is 5.02. The van der Waals surface area contributed by atoms with Gasteiger partial charge < -0.3 is 15.2 Å². The van der Waals surface area contributed by atoms with Crippen molar-refractivity contribution in [2.75, 3.05) is 25.1 Å². The topological polar surface area (TPSA) is 102 Å². The molecule has 0 aromatic heterocycles. The molecule has 0 aliphatic rings. The van der Waals surface area contributed by atoms with Gasteiger partial charge in [-0.15, -0.1) is 0 Å². The Labute approximate surface area is 123 Å². The number of benzene rings is 1. The van der Waals surface area contributed by atoms with Gasteiger partial charge in [0.05, 0.1) is 11.5 Å². The van der Waals surface area contributed by atoms with Crippen molar-refractivity contribution < 1.29 is 19.6 Å². The zero-order valence-corrected chi connectivity index (χ0v) is 12.2. The number of nitrogens with one attached hydrogen (secondary N) is 1. The Morgan fingerprint density at radius 3 is 2.71 bits per heavy atom. The van der Waals surface area contributed by atoms with Crippen molar-refractivity contribution in [2.24, 2.45) is 5.92 Å². The van der Waals surface area contributed by atoms with Crippen LogP contribution in [0, 0.1) is 16.0 Å². The number of hydrogen-bond acceptors (Lipinski definition) is 5. The van der Waals surface area contributed by atoms with Gasteiger partial charge in [0.2, 0.25) is 0 Å². The van der Waals surface area contributed by atoms with Gasteiger partial charge in [-0.3, -0.25) is 10.1 Å². The number of anilines is 1. The molecule has 2 N–H and O–H groups in total. The molecule has 0 heterocycles. The third-order valence-corrected chi connectivity index (χ3v) is 2.84. The molecule has 0 amide bonds. The van der Waals surface area contributed by atoms with Gasteiger partial charge in [0.1, 0.15) is 5.56 Å². The summed E-state index contributed by atoms with van der Waals surface area (Å²) in [6.07, 6.45) is 0.987.